The second-order valence-corrected chi connectivity index (χ2v) is 7.78. The Hall–Kier alpha value is -2.31. The van der Waals surface area contributed by atoms with Gasteiger partial charge >= 0.3 is 0 Å². The zero-order chi connectivity index (χ0) is 19.2. The number of nitrogens with zero attached hydrogens (tertiary/aromatic N) is 3. The third kappa shape index (κ3) is 4.70. The van der Waals surface area contributed by atoms with Gasteiger partial charge in [-0.3, -0.25) is 9.36 Å². The molecule has 27 heavy (non-hydrogen) atoms. The van der Waals surface area contributed by atoms with Gasteiger partial charge in [0.15, 0.2) is 11.0 Å². The summed E-state index contributed by atoms with van der Waals surface area (Å²) in [6, 6.07) is 17.4. The first-order valence-electron chi connectivity index (χ1n) is 8.81. The molecule has 0 spiro atoms. The number of carbonyl (C=O) groups excluding carboxylic acids is 1. The molecule has 0 radical (unpaired) electrons. The third-order valence-electron chi connectivity index (χ3n) is 3.95. The number of aromatic nitrogens is 3. The lowest BCUT2D eigenvalue weighted by Gasteiger charge is -2.13. The lowest BCUT2D eigenvalue weighted by Crippen LogP contribution is -2.31. The number of hydrogen-bond donors (Lipinski definition) is 1. The minimum atomic E-state index is -0.277. The van der Waals surface area contributed by atoms with Crippen molar-refractivity contribution in [1.29, 1.82) is 0 Å². The molecule has 5 nitrogen and oxygen atoms in total. The minimum absolute atomic E-state index is 0.00231. The molecule has 0 aliphatic heterocycles. The van der Waals surface area contributed by atoms with E-state index in [-0.39, 0.29) is 11.2 Å². The molecule has 1 N–H and O–H groups in total. The van der Waals surface area contributed by atoms with Crippen LogP contribution in [0, 0.1) is 0 Å². The highest BCUT2D eigenvalue weighted by molar-refractivity contribution is 8.00. The number of amides is 1. The Morgan fingerprint density at radius 1 is 1.15 bits per heavy atom. The van der Waals surface area contributed by atoms with E-state index in [4.69, 9.17) is 11.6 Å². The monoisotopic (exact) mass is 400 g/mol. The Kier molecular flexibility index (Phi) is 6.53. The summed E-state index contributed by atoms with van der Waals surface area (Å²) in [6.07, 6.45) is 0.907. The average molecular weight is 401 g/mol. The third-order valence-corrected chi connectivity index (χ3v) is 5.25. The second kappa shape index (κ2) is 9.06. The lowest BCUT2D eigenvalue weighted by atomic mass is 10.2. The van der Waals surface area contributed by atoms with Crippen molar-refractivity contribution in [1.82, 2.24) is 20.1 Å². The molecule has 0 aliphatic carbocycles. The van der Waals surface area contributed by atoms with E-state index >= 15 is 0 Å². The van der Waals surface area contributed by atoms with Gasteiger partial charge in [-0.1, -0.05) is 48.5 Å². The van der Waals surface area contributed by atoms with Crippen LogP contribution in [0.5, 0.6) is 0 Å². The molecule has 0 aliphatic rings. The highest BCUT2D eigenvalue weighted by Gasteiger charge is 2.21. The van der Waals surface area contributed by atoms with Crippen LogP contribution in [0.1, 0.15) is 20.3 Å². The van der Waals surface area contributed by atoms with E-state index in [2.05, 4.69) is 15.5 Å². The summed E-state index contributed by atoms with van der Waals surface area (Å²) < 4.78 is 1.97. The predicted molar refractivity (Wildman–Crippen MR) is 110 cm³/mol. The number of halogens is 1. The molecule has 1 heterocycles. The average Bonchev–Trinajstić information content (AvgIpc) is 3.10. The van der Waals surface area contributed by atoms with Gasteiger partial charge in [-0.05, 0) is 49.7 Å². The van der Waals surface area contributed by atoms with Crippen LogP contribution in [-0.4, -0.2) is 32.5 Å². The van der Waals surface area contributed by atoms with Crippen molar-refractivity contribution in [3.05, 3.63) is 59.6 Å². The van der Waals surface area contributed by atoms with Gasteiger partial charge in [-0.2, -0.15) is 0 Å². The molecule has 0 saturated heterocycles. The highest BCUT2D eigenvalue weighted by Crippen LogP contribution is 2.30. The molecule has 7 heteroatoms. The van der Waals surface area contributed by atoms with E-state index in [1.807, 2.05) is 73.0 Å². The number of nitrogens with one attached hydrogen (secondary N) is 1. The Morgan fingerprint density at radius 3 is 2.52 bits per heavy atom. The maximum atomic E-state index is 12.3. The maximum absolute atomic E-state index is 12.3. The fourth-order valence-corrected chi connectivity index (χ4v) is 3.56. The summed E-state index contributed by atoms with van der Waals surface area (Å²) in [6.45, 7) is 4.58. The van der Waals surface area contributed by atoms with Crippen molar-refractivity contribution >= 4 is 29.3 Å². The van der Waals surface area contributed by atoms with Crippen LogP contribution in [-0.2, 0) is 4.79 Å². The number of benzene rings is 2. The van der Waals surface area contributed by atoms with Crippen molar-refractivity contribution in [2.75, 3.05) is 6.54 Å². The molecule has 0 saturated carbocycles. The number of para-hydroxylation sites is 1. The summed E-state index contributed by atoms with van der Waals surface area (Å²) in [4.78, 5) is 12.3. The van der Waals surface area contributed by atoms with Crippen molar-refractivity contribution in [2.24, 2.45) is 0 Å². The number of rotatable bonds is 7. The zero-order valence-corrected chi connectivity index (χ0v) is 16.8. The molecule has 0 fully saturated rings. The Morgan fingerprint density at radius 2 is 1.85 bits per heavy atom. The summed E-state index contributed by atoms with van der Waals surface area (Å²) >= 11 is 7.41. The maximum Gasteiger partial charge on any atom is 0.233 e. The van der Waals surface area contributed by atoms with Gasteiger partial charge in [0.2, 0.25) is 5.91 Å². The van der Waals surface area contributed by atoms with Crippen molar-refractivity contribution in [2.45, 2.75) is 30.7 Å². The smallest absolute Gasteiger partial charge is 0.233 e. The minimum Gasteiger partial charge on any atom is -0.355 e. The summed E-state index contributed by atoms with van der Waals surface area (Å²) in [7, 11) is 0. The standard InChI is InChI=1S/C20H21ClN4OS/c1-3-13-22-19(26)14(2)27-20-24-23-18(15-9-11-16(21)12-10-15)25(20)17-7-5-4-6-8-17/h4-12,14H,3,13H2,1-2H3,(H,22,26). The van der Waals surface area contributed by atoms with Gasteiger partial charge in [-0.25, -0.2) is 0 Å². The molecule has 1 aromatic heterocycles. The zero-order valence-electron chi connectivity index (χ0n) is 15.2. The van der Waals surface area contributed by atoms with Gasteiger partial charge in [0.05, 0.1) is 5.25 Å². The van der Waals surface area contributed by atoms with E-state index in [1.165, 1.54) is 11.8 Å². The largest absolute Gasteiger partial charge is 0.355 e. The number of hydrogen-bond acceptors (Lipinski definition) is 4. The number of thioether (sulfide) groups is 1. The Labute approximate surface area is 168 Å². The van der Waals surface area contributed by atoms with Crippen molar-refractivity contribution in [3.8, 4) is 17.1 Å². The van der Waals surface area contributed by atoms with Crippen LogP contribution in [0.2, 0.25) is 5.02 Å². The van der Waals surface area contributed by atoms with E-state index < -0.39 is 0 Å². The van der Waals surface area contributed by atoms with Gasteiger partial charge in [0, 0.05) is 22.8 Å². The molecule has 3 aromatic rings. The molecule has 3 rings (SSSR count). The fourth-order valence-electron chi connectivity index (χ4n) is 2.55. The van der Waals surface area contributed by atoms with E-state index in [0.717, 1.165) is 17.7 Å². The Balaban J connectivity index is 1.97. The van der Waals surface area contributed by atoms with E-state index in [9.17, 15) is 4.79 Å². The molecule has 1 atom stereocenters. The molecular formula is C20H21ClN4OS. The quantitative estimate of drug-likeness (QED) is 0.589. The normalized spacial score (nSPS) is 12.0. The summed E-state index contributed by atoms with van der Waals surface area (Å²) in [5.74, 6) is 0.707. The van der Waals surface area contributed by atoms with E-state index in [1.54, 1.807) is 0 Å². The van der Waals surface area contributed by atoms with Crippen LogP contribution in [0.15, 0.2) is 59.8 Å². The van der Waals surface area contributed by atoms with Gasteiger partial charge < -0.3 is 5.32 Å². The van der Waals surface area contributed by atoms with E-state index in [0.29, 0.717) is 22.5 Å². The van der Waals surface area contributed by atoms with Crippen LogP contribution in [0.25, 0.3) is 17.1 Å². The van der Waals surface area contributed by atoms with Crippen molar-refractivity contribution in [3.63, 3.8) is 0 Å². The summed E-state index contributed by atoms with van der Waals surface area (Å²) in [5, 5.41) is 12.7. The van der Waals surface area contributed by atoms with Crippen LogP contribution >= 0.6 is 23.4 Å². The van der Waals surface area contributed by atoms with Crippen LogP contribution in [0.4, 0.5) is 0 Å². The van der Waals surface area contributed by atoms with Gasteiger partial charge in [0.25, 0.3) is 0 Å². The topological polar surface area (TPSA) is 59.8 Å². The first-order valence-corrected chi connectivity index (χ1v) is 10.1. The molecule has 2 aromatic carbocycles. The Bertz CT molecular complexity index is 896. The molecule has 1 amide bonds. The molecular weight excluding hydrogens is 380 g/mol. The summed E-state index contributed by atoms with van der Waals surface area (Å²) in [5.41, 5.74) is 1.85. The van der Waals surface area contributed by atoms with Gasteiger partial charge in [0.1, 0.15) is 0 Å². The lowest BCUT2D eigenvalue weighted by molar-refractivity contribution is -0.120. The number of carbonyl (C=O) groups is 1. The molecule has 0 bridgehead atoms. The first kappa shape index (κ1) is 19.5. The van der Waals surface area contributed by atoms with Crippen LogP contribution < -0.4 is 5.32 Å². The molecule has 140 valence electrons. The second-order valence-electron chi connectivity index (χ2n) is 6.04. The fraction of sp³-hybridized carbons (Fsp3) is 0.250. The van der Waals surface area contributed by atoms with Crippen LogP contribution in [0.3, 0.4) is 0 Å². The van der Waals surface area contributed by atoms with Crippen molar-refractivity contribution < 1.29 is 4.79 Å². The SMILES string of the molecule is CCCNC(=O)C(C)Sc1nnc(-c2ccc(Cl)cc2)n1-c1ccccc1. The molecule has 1 unspecified atom stereocenters. The first-order chi connectivity index (χ1) is 13.1. The highest BCUT2D eigenvalue weighted by atomic mass is 35.5. The van der Waals surface area contributed by atoms with Gasteiger partial charge in [-0.15, -0.1) is 10.2 Å². The predicted octanol–water partition coefficient (Wildman–Crippen LogP) is 4.59.